The van der Waals surface area contributed by atoms with E-state index in [1.165, 1.54) is 17.4 Å². The summed E-state index contributed by atoms with van der Waals surface area (Å²) in [7, 11) is 1.76. The Balaban J connectivity index is 2.48. The fraction of sp³-hybridized carbons (Fsp3) is 0.167. The van der Waals surface area contributed by atoms with Crippen LogP contribution in [0.5, 0.6) is 0 Å². The molecule has 0 radical (unpaired) electrons. The highest BCUT2D eigenvalue weighted by molar-refractivity contribution is 9.10. The zero-order valence-corrected chi connectivity index (χ0v) is 13.2. The predicted octanol–water partition coefficient (Wildman–Crippen LogP) is 5.27. The fourth-order valence-electron chi connectivity index (χ4n) is 1.76. The van der Waals surface area contributed by atoms with Crippen LogP contribution in [0.4, 0.5) is 4.39 Å². The Morgan fingerprint density at radius 2 is 2.00 bits per heavy atom. The molecule has 0 spiro atoms. The van der Waals surface area contributed by atoms with Gasteiger partial charge in [-0.15, -0.1) is 11.3 Å². The standard InChI is InChI=1S/C12H9BrCl2FNS/c1-17-11(8-5-10(14)18-12(8)15)7-3-2-6(13)4-9(7)16/h2-5,11,17H,1H3. The molecule has 1 unspecified atom stereocenters. The van der Waals surface area contributed by atoms with E-state index in [1.807, 2.05) is 0 Å². The molecule has 0 amide bonds. The first kappa shape index (κ1) is 14.3. The zero-order valence-electron chi connectivity index (χ0n) is 9.31. The smallest absolute Gasteiger partial charge is 0.129 e. The van der Waals surface area contributed by atoms with Crippen molar-refractivity contribution in [3.8, 4) is 0 Å². The van der Waals surface area contributed by atoms with Gasteiger partial charge < -0.3 is 5.32 Å². The van der Waals surface area contributed by atoms with Gasteiger partial charge >= 0.3 is 0 Å². The SMILES string of the molecule is CNC(c1ccc(Br)cc1F)c1cc(Cl)sc1Cl. The highest BCUT2D eigenvalue weighted by atomic mass is 79.9. The van der Waals surface area contributed by atoms with Gasteiger partial charge in [0.15, 0.2) is 0 Å². The molecular weight excluding hydrogens is 360 g/mol. The van der Waals surface area contributed by atoms with Gasteiger partial charge in [0.05, 0.1) is 14.7 Å². The van der Waals surface area contributed by atoms with Crippen molar-refractivity contribution >= 4 is 50.5 Å². The number of benzene rings is 1. The van der Waals surface area contributed by atoms with Crippen molar-refractivity contribution < 1.29 is 4.39 Å². The zero-order chi connectivity index (χ0) is 13.3. The molecular formula is C12H9BrCl2FNS. The predicted molar refractivity (Wildman–Crippen MR) is 79.3 cm³/mol. The molecule has 2 rings (SSSR count). The van der Waals surface area contributed by atoms with Crippen LogP contribution in [0.15, 0.2) is 28.7 Å². The van der Waals surface area contributed by atoms with Crippen LogP contribution < -0.4 is 5.32 Å². The molecule has 2 aromatic rings. The van der Waals surface area contributed by atoms with Crippen molar-refractivity contribution in [2.75, 3.05) is 7.05 Å². The van der Waals surface area contributed by atoms with Crippen LogP contribution in [0, 0.1) is 5.82 Å². The molecule has 18 heavy (non-hydrogen) atoms. The average Bonchev–Trinajstić information content (AvgIpc) is 2.62. The van der Waals surface area contributed by atoms with Gasteiger partial charge in [-0.1, -0.05) is 45.2 Å². The Labute approximate surface area is 127 Å². The van der Waals surface area contributed by atoms with Crippen LogP contribution in [0.3, 0.4) is 0 Å². The van der Waals surface area contributed by atoms with Crippen molar-refractivity contribution in [2.45, 2.75) is 6.04 Å². The minimum atomic E-state index is -0.311. The van der Waals surface area contributed by atoms with Crippen molar-refractivity contribution in [2.24, 2.45) is 0 Å². The minimum absolute atomic E-state index is 0.290. The van der Waals surface area contributed by atoms with E-state index in [2.05, 4.69) is 21.2 Å². The Hall–Kier alpha value is -0.130. The van der Waals surface area contributed by atoms with Crippen LogP contribution in [0.2, 0.25) is 8.67 Å². The van der Waals surface area contributed by atoms with Gasteiger partial charge in [-0.2, -0.15) is 0 Å². The third-order valence-corrected chi connectivity index (χ3v) is 4.57. The minimum Gasteiger partial charge on any atom is -0.309 e. The molecule has 1 heterocycles. The quantitative estimate of drug-likeness (QED) is 0.778. The highest BCUT2D eigenvalue weighted by Crippen LogP contribution is 2.38. The maximum atomic E-state index is 14.0. The first-order valence-corrected chi connectivity index (χ1v) is 7.46. The normalized spacial score (nSPS) is 12.7. The maximum absolute atomic E-state index is 14.0. The van der Waals surface area contributed by atoms with Gasteiger partial charge in [-0.25, -0.2) is 4.39 Å². The van der Waals surface area contributed by atoms with Crippen LogP contribution in [0.1, 0.15) is 17.2 Å². The maximum Gasteiger partial charge on any atom is 0.129 e. The Morgan fingerprint density at radius 3 is 2.50 bits per heavy atom. The molecule has 0 bridgehead atoms. The summed E-state index contributed by atoms with van der Waals surface area (Å²) in [5, 5.41) is 3.06. The Morgan fingerprint density at radius 1 is 1.28 bits per heavy atom. The average molecular weight is 369 g/mol. The summed E-state index contributed by atoms with van der Waals surface area (Å²) in [5.41, 5.74) is 1.33. The summed E-state index contributed by atoms with van der Waals surface area (Å²) in [6.45, 7) is 0. The van der Waals surface area contributed by atoms with Gasteiger partial charge in [0.1, 0.15) is 5.82 Å². The fourth-order valence-corrected chi connectivity index (χ4v) is 3.63. The van der Waals surface area contributed by atoms with Gasteiger partial charge in [0.25, 0.3) is 0 Å². The molecule has 0 aliphatic carbocycles. The van der Waals surface area contributed by atoms with E-state index in [1.54, 1.807) is 25.2 Å². The lowest BCUT2D eigenvalue weighted by Gasteiger charge is -2.17. The van der Waals surface area contributed by atoms with E-state index in [0.29, 0.717) is 18.7 Å². The van der Waals surface area contributed by atoms with Gasteiger partial charge in [0, 0.05) is 15.6 Å². The van der Waals surface area contributed by atoms with E-state index in [0.717, 1.165) is 5.56 Å². The number of rotatable bonds is 3. The van der Waals surface area contributed by atoms with Crippen LogP contribution in [-0.2, 0) is 0 Å². The third-order valence-electron chi connectivity index (χ3n) is 2.56. The summed E-state index contributed by atoms with van der Waals surface area (Å²) in [6.07, 6.45) is 0. The molecule has 1 N–H and O–H groups in total. The van der Waals surface area contributed by atoms with Crippen LogP contribution in [0.25, 0.3) is 0 Å². The molecule has 1 aromatic heterocycles. The molecule has 0 aliphatic rings. The highest BCUT2D eigenvalue weighted by Gasteiger charge is 2.20. The molecule has 0 saturated heterocycles. The van der Waals surface area contributed by atoms with E-state index in [4.69, 9.17) is 23.2 Å². The van der Waals surface area contributed by atoms with Crippen molar-refractivity contribution in [3.05, 3.63) is 54.4 Å². The van der Waals surface area contributed by atoms with E-state index in [-0.39, 0.29) is 11.9 Å². The summed E-state index contributed by atoms with van der Waals surface area (Å²) in [4.78, 5) is 0. The second-order valence-electron chi connectivity index (χ2n) is 3.67. The number of thiophene rings is 1. The summed E-state index contributed by atoms with van der Waals surface area (Å²) in [5.74, 6) is -0.290. The molecule has 6 heteroatoms. The summed E-state index contributed by atoms with van der Waals surface area (Å²) < 4.78 is 15.8. The molecule has 1 atom stereocenters. The molecule has 0 saturated carbocycles. The second kappa shape index (κ2) is 5.88. The van der Waals surface area contributed by atoms with Crippen LogP contribution >= 0.6 is 50.5 Å². The van der Waals surface area contributed by atoms with Crippen molar-refractivity contribution in [3.63, 3.8) is 0 Å². The molecule has 1 aromatic carbocycles. The van der Waals surface area contributed by atoms with Gasteiger partial charge in [-0.05, 0) is 25.2 Å². The van der Waals surface area contributed by atoms with E-state index < -0.39 is 0 Å². The first-order valence-electron chi connectivity index (χ1n) is 5.10. The third kappa shape index (κ3) is 2.89. The van der Waals surface area contributed by atoms with Crippen molar-refractivity contribution in [1.29, 1.82) is 0 Å². The lowest BCUT2D eigenvalue weighted by atomic mass is 10.0. The number of halogens is 4. The molecule has 96 valence electrons. The first-order chi connectivity index (χ1) is 8.52. The van der Waals surface area contributed by atoms with E-state index in [9.17, 15) is 4.39 Å². The monoisotopic (exact) mass is 367 g/mol. The Kier molecular flexibility index (Phi) is 4.67. The Bertz CT molecular complexity index is 573. The van der Waals surface area contributed by atoms with E-state index >= 15 is 0 Å². The van der Waals surface area contributed by atoms with Gasteiger partial charge in [-0.3, -0.25) is 0 Å². The largest absolute Gasteiger partial charge is 0.309 e. The topological polar surface area (TPSA) is 12.0 Å². The molecule has 1 nitrogen and oxygen atoms in total. The lowest BCUT2D eigenvalue weighted by molar-refractivity contribution is 0.576. The van der Waals surface area contributed by atoms with Crippen molar-refractivity contribution in [1.82, 2.24) is 5.32 Å². The summed E-state index contributed by atoms with van der Waals surface area (Å²) >= 11 is 16.6. The van der Waals surface area contributed by atoms with Gasteiger partial charge in [0.2, 0.25) is 0 Å². The summed E-state index contributed by atoms with van der Waals surface area (Å²) in [6, 6.07) is 6.40. The second-order valence-corrected chi connectivity index (χ2v) is 6.87. The number of hydrogen-bond donors (Lipinski definition) is 1. The lowest BCUT2D eigenvalue weighted by Crippen LogP contribution is -2.18. The molecule has 0 aliphatic heterocycles. The number of nitrogens with one attached hydrogen (secondary N) is 1. The van der Waals surface area contributed by atoms with Crippen LogP contribution in [-0.4, -0.2) is 7.05 Å². The number of hydrogen-bond acceptors (Lipinski definition) is 2. The molecule has 0 fully saturated rings.